The first-order valence-corrected chi connectivity index (χ1v) is 6.33. The van der Waals surface area contributed by atoms with Crippen LogP contribution in [-0.2, 0) is 6.42 Å². The van der Waals surface area contributed by atoms with Gasteiger partial charge in [0.15, 0.2) is 11.5 Å². The normalized spacial score (nSPS) is 20.6. The van der Waals surface area contributed by atoms with Crippen molar-refractivity contribution >= 4 is 15.9 Å². The molecule has 3 nitrogen and oxygen atoms in total. The first-order chi connectivity index (χ1) is 7.68. The van der Waals surface area contributed by atoms with E-state index in [9.17, 15) is 0 Å². The van der Waals surface area contributed by atoms with Crippen LogP contribution in [0.2, 0.25) is 0 Å². The van der Waals surface area contributed by atoms with E-state index in [4.69, 9.17) is 15.2 Å². The monoisotopic (exact) mass is 283 g/mol. The van der Waals surface area contributed by atoms with Crippen molar-refractivity contribution in [1.29, 1.82) is 0 Å². The molecule has 0 spiro atoms. The lowest BCUT2D eigenvalue weighted by Crippen LogP contribution is -2.25. The summed E-state index contributed by atoms with van der Waals surface area (Å²) in [5.74, 6) is 1.65. The first-order valence-electron chi connectivity index (χ1n) is 5.54. The summed E-state index contributed by atoms with van der Waals surface area (Å²) in [6.45, 7) is 1.24. The Bertz CT molecular complexity index is 429. The summed E-state index contributed by atoms with van der Waals surface area (Å²) < 4.78 is 12.1. The lowest BCUT2D eigenvalue weighted by molar-refractivity contribution is 0.170. The van der Waals surface area contributed by atoms with E-state index in [2.05, 4.69) is 22.0 Å². The Kier molecular flexibility index (Phi) is 2.37. The topological polar surface area (TPSA) is 44.5 Å². The van der Waals surface area contributed by atoms with Gasteiger partial charge in [-0.1, -0.05) is 6.07 Å². The SMILES string of the molecule is NC1(Cc2ccc3c(c2Br)OCCO3)CC1. The van der Waals surface area contributed by atoms with Crippen LogP contribution in [0, 0.1) is 0 Å². The van der Waals surface area contributed by atoms with Crippen LogP contribution in [0.1, 0.15) is 18.4 Å². The van der Waals surface area contributed by atoms with Gasteiger partial charge in [0, 0.05) is 5.54 Å². The van der Waals surface area contributed by atoms with E-state index in [0.29, 0.717) is 13.2 Å². The van der Waals surface area contributed by atoms with Crippen molar-refractivity contribution in [2.75, 3.05) is 13.2 Å². The van der Waals surface area contributed by atoms with Crippen molar-refractivity contribution in [1.82, 2.24) is 0 Å². The molecule has 0 aromatic heterocycles. The average molecular weight is 284 g/mol. The summed E-state index contributed by atoms with van der Waals surface area (Å²) in [7, 11) is 0. The highest BCUT2D eigenvalue weighted by atomic mass is 79.9. The Balaban J connectivity index is 1.94. The van der Waals surface area contributed by atoms with Crippen LogP contribution in [-0.4, -0.2) is 18.8 Å². The van der Waals surface area contributed by atoms with Crippen LogP contribution in [0.5, 0.6) is 11.5 Å². The minimum Gasteiger partial charge on any atom is -0.486 e. The Morgan fingerprint density at radius 2 is 2.00 bits per heavy atom. The van der Waals surface area contributed by atoms with E-state index < -0.39 is 0 Å². The molecule has 2 N–H and O–H groups in total. The summed E-state index contributed by atoms with van der Waals surface area (Å²) in [5.41, 5.74) is 7.36. The van der Waals surface area contributed by atoms with Crippen LogP contribution in [0.25, 0.3) is 0 Å². The molecule has 0 saturated heterocycles. The highest BCUT2D eigenvalue weighted by Crippen LogP contribution is 2.43. The molecule has 0 bridgehead atoms. The summed E-state index contributed by atoms with van der Waals surface area (Å²) in [4.78, 5) is 0. The Hall–Kier alpha value is -0.740. The number of ether oxygens (including phenoxy) is 2. The molecule has 1 aromatic carbocycles. The second-order valence-corrected chi connectivity index (χ2v) is 5.39. The van der Waals surface area contributed by atoms with E-state index in [-0.39, 0.29) is 5.54 Å². The molecule has 3 rings (SSSR count). The van der Waals surface area contributed by atoms with Crippen LogP contribution in [0.15, 0.2) is 16.6 Å². The molecule has 16 heavy (non-hydrogen) atoms. The van der Waals surface area contributed by atoms with Gasteiger partial charge < -0.3 is 15.2 Å². The molecule has 1 fully saturated rings. The van der Waals surface area contributed by atoms with Crippen molar-refractivity contribution in [2.45, 2.75) is 24.8 Å². The number of rotatable bonds is 2. The van der Waals surface area contributed by atoms with Gasteiger partial charge in [-0.15, -0.1) is 0 Å². The maximum atomic E-state index is 6.13. The smallest absolute Gasteiger partial charge is 0.175 e. The van der Waals surface area contributed by atoms with Gasteiger partial charge in [-0.2, -0.15) is 0 Å². The maximum absolute atomic E-state index is 6.13. The summed E-state index contributed by atoms with van der Waals surface area (Å²) >= 11 is 3.59. The summed E-state index contributed by atoms with van der Waals surface area (Å²) in [6.07, 6.45) is 3.14. The lowest BCUT2D eigenvalue weighted by Gasteiger charge is -2.21. The number of fused-ring (bicyclic) bond motifs is 1. The van der Waals surface area contributed by atoms with E-state index in [0.717, 1.165) is 35.2 Å². The zero-order chi connectivity index (χ0) is 11.2. The molecule has 0 atom stereocenters. The molecular formula is C12H14BrNO2. The Morgan fingerprint density at radius 1 is 1.25 bits per heavy atom. The third kappa shape index (κ3) is 1.80. The molecule has 1 aliphatic carbocycles. The van der Waals surface area contributed by atoms with Gasteiger partial charge in [-0.25, -0.2) is 0 Å². The Labute approximate surface area is 103 Å². The second-order valence-electron chi connectivity index (χ2n) is 4.60. The Morgan fingerprint density at radius 3 is 2.75 bits per heavy atom. The predicted octanol–water partition coefficient (Wildman–Crippen LogP) is 2.25. The van der Waals surface area contributed by atoms with Crippen LogP contribution in [0.4, 0.5) is 0 Å². The summed E-state index contributed by atoms with van der Waals surface area (Å²) in [6, 6.07) is 4.05. The van der Waals surface area contributed by atoms with E-state index in [1.165, 1.54) is 5.56 Å². The number of halogens is 1. The van der Waals surface area contributed by atoms with Crippen molar-refractivity contribution in [3.05, 3.63) is 22.2 Å². The molecule has 86 valence electrons. The van der Waals surface area contributed by atoms with Crippen LogP contribution < -0.4 is 15.2 Å². The third-order valence-corrected chi connectivity index (χ3v) is 4.03. The molecular weight excluding hydrogens is 270 g/mol. The predicted molar refractivity (Wildman–Crippen MR) is 65.0 cm³/mol. The van der Waals surface area contributed by atoms with Gasteiger partial charge >= 0.3 is 0 Å². The molecule has 1 heterocycles. The van der Waals surface area contributed by atoms with Gasteiger partial charge in [0.25, 0.3) is 0 Å². The van der Waals surface area contributed by atoms with Gasteiger partial charge in [0.05, 0.1) is 4.47 Å². The average Bonchev–Trinajstić information content (AvgIpc) is 3.01. The zero-order valence-corrected chi connectivity index (χ0v) is 10.5. The first kappa shape index (κ1) is 10.4. The fourth-order valence-electron chi connectivity index (χ4n) is 1.98. The third-order valence-electron chi connectivity index (χ3n) is 3.16. The fourth-order valence-corrected chi connectivity index (χ4v) is 2.56. The fraction of sp³-hybridized carbons (Fsp3) is 0.500. The van der Waals surface area contributed by atoms with Crippen molar-refractivity contribution < 1.29 is 9.47 Å². The number of hydrogen-bond acceptors (Lipinski definition) is 3. The van der Waals surface area contributed by atoms with Gasteiger partial charge in [-0.3, -0.25) is 0 Å². The zero-order valence-electron chi connectivity index (χ0n) is 8.96. The van der Waals surface area contributed by atoms with Crippen molar-refractivity contribution in [3.8, 4) is 11.5 Å². The van der Waals surface area contributed by atoms with Crippen molar-refractivity contribution in [3.63, 3.8) is 0 Å². The molecule has 0 amide bonds. The number of nitrogens with two attached hydrogens (primary N) is 1. The second kappa shape index (κ2) is 3.64. The minimum atomic E-state index is 0.0201. The van der Waals surface area contributed by atoms with E-state index >= 15 is 0 Å². The van der Waals surface area contributed by atoms with E-state index in [1.54, 1.807) is 0 Å². The minimum absolute atomic E-state index is 0.0201. The number of benzene rings is 1. The molecule has 4 heteroatoms. The van der Waals surface area contributed by atoms with Crippen LogP contribution in [0.3, 0.4) is 0 Å². The van der Waals surface area contributed by atoms with Gasteiger partial charge in [0.1, 0.15) is 13.2 Å². The molecule has 2 aliphatic rings. The largest absolute Gasteiger partial charge is 0.486 e. The molecule has 1 saturated carbocycles. The van der Waals surface area contributed by atoms with Crippen molar-refractivity contribution in [2.24, 2.45) is 5.73 Å². The highest BCUT2D eigenvalue weighted by molar-refractivity contribution is 9.10. The maximum Gasteiger partial charge on any atom is 0.175 e. The van der Waals surface area contributed by atoms with Crippen LogP contribution >= 0.6 is 15.9 Å². The molecule has 1 aliphatic heterocycles. The quantitative estimate of drug-likeness (QED) is 0.906. The molecule has 0 radical (unpaired) electrons. The molecule has 0 unspecified atom stereocenters. The van der Waals surface area contributed by atoms with E-state index in [1.807, 2.05) is 6.07 Å². The van der Waals surface area contributed by atoms with Gasteiger partial charge in [-0.05, 0) is 46.8 Å². The lowest BCUT2D eigenvalue weighted by atomic mass is 10.0. The van der Waals surface area contributed by atoms with Gasteiger partial charge in [0.2, 0.25) is 0 Å². The standard InChI is InChI=1S/C12H14BrNO2/c13-10-8(7-12(14)3-4-12)1-2-9-11(10)16-6-5-15-9/h1-2H,3-7,14H2. The summed E-state index contributed by atoms with van der Waals surface area (Å²) in [5, 5.41) is 0. The number of hydrogen-bond donors (Lipinski definition) is 1. The molecule has 1 aromatic rings. The highest BCUT2D eigenvalue weighted by Gasteiger charge is 2.38.